The van der Waals surface area contributed by atoms with Crippen molar-refractivity contribution in [2.45, 2.75) is 374 Å². The zero-order valence-corrected chi connectivity index (χ0v) is 55.2. The van der Waals surface area contributed by atoms with Gasteiger partial charge < -0.3 is 14.2 Å². The van der Waals surface area contributed by atoms with Crippen molar-refractivity contribution < 1.29 is 28.6 Å². The summed E-state index contributed by atoms with van der Waals surface area (Å²) in [5.41, 5.74) is 0. The van der Waals surface area contributed by atoms with Crippen LogP contribution < -0.4 is 0 Å². The Bertz CT molecular complexity index is 1570. The Kier molecular flexibility index (Phi) is 68.2. The number of unbranched alkanes of at least 4 members (excludes halogenated alkanes) is 41. The lowest BCUT2D eigenvalue weighted by Crippen LogP contribution is -2.30. The molecule has 0 aliphatic heterocycles. The molecule has 0 fully saturated rings. The summed E-state index contributed by atoms with van der Waals surface area (Å²) < 4.78 is 17.0. The summed E-state index contributed by atoms with van der Waals surface area (Å²) in [6.45, 7) is 6.45. The molecule has 0 N–H and O–H groups in total. The number of esters is 3. The summed E-state index contributed by atoms with van der Waals surface area (Å²) in [6, 6.07) is 0. The van der Waals surface area contributed by atoms with Gasteiger partial charge in [-0.1, -0.05) is 343 Å². The molecule has 0 aromatic heterocycles. The van der Waals surface area contributed by atoms with E-state index in [4.69, 9.17) is 14.2 Å². The van der Waals surface area contributed by atoms with Gasteiger partial charge in [-0.3, -0.25) is 14.4 Å². The van der Waals surface area contributed by atoms with Crippen LogP contribution in [0.15, 0.2) is 85.1 Å². The summed E-state index contributed by atoms with van der Waals surface area (Å²) in [6.07, 6.45) is 94.9. The van der Waals surface area contributed by atoms with Crippen molar-refractivity contribution >= 4 is 17.9 Å². The molecule has 0 saturated heterocycles. The molecule has 0 aliphatic rings. The SMILES string of the molecule is CC/C=C\C/C=C\C/C=C\C/C=C\CCCCCCCCCCCCCCCCCCCCC(=O)OCC(COC(=O)CCCCC/C=C\C/C=C\C/C=C\CC)OC(=O)CCCCCCCCCCCCCCCCCCCCCCC. The summed E-state index contributed by atoms with van der Waals surface area (Å²) >= 11 is 0. The van der Waals surface area contributed by atoms with Gasteiger partial charge in [0.1, 0.15) is 13.2 Å². The third-order valence-corrected chi connectivity index (χ3v) is 15.9. The Labute approximate surface area is 515 Å². The van der Waals surface area contributed by atoms with Gasteiger partial charge in [-0.25, -0.2) is 0 Å². The van der Waals surface area contributed by atoms with Gasteiger partial charge in [-0.15, -0.1) is 0 Å². The fourth-order valence-electron chi connectivity index (χ4n) is 10.6. The highest BCUT2D eigenvalue weighted by molar-refractivity contribution is 5.71. The molecular weight excluding hydrogens is 1020 g/mol. The summed E-state index contributed by atoms with van der Waals surface area (Å²) in [5, 5.41) is 0. The van der Waals surface area contributed by atoms with E-state index in [9.17, 15) is 14.4 Å². The van der Waals surface area contributed by atoms with Crippen molar-refractivity contribution in [3.8, 4) is 0 Å². The maximum atomic E-state index is 13.0. The Hall–Kier alpha value is -3.41. The van der Waals surface area contributed by atoms with Gasteiger partial charge in [-0.2, -0.15) is 0 Å². The summed E-state index contributed by atoms with van der Waals surface area (Å²) in [5.74, 6) is -0.888. The molecule has 6 nitrogen and oxygen atoms in total. The molecule has 0 aromatic carbocycles. The van der Waals surface area contributed by atoms with Crippen molar-refractivity contribution in [2.24, 2.45) is 0 Å². The minimum atomic E-state index is -0.787. The topological polar surface area (TPSA) is 78.9 Å². The molecule has 0 rings (SSSR count). The number of carbonyl (C=O) groups excluding carboxylic acids is 3. The fraction of sp³-hybridized carbons (Fsp3) is 0.779. The molecule has 0 spiro atoms. The fourth-order valence-corrected chi connectivity index (χ4v) is 10.6. The maximum absolute atomic E-state index is 13.0. The molecule has 83 heavy (non-hydrogen) atoms. The van der Waals surface area contributed by atoms with Crippen molar-refractivity contribution in [1.29, 1.82) is 0 Å². The first-order chi connectivity index (χ1) is 41.0. The highest BCUT2D eigenvalue weighted by Crippen LogP contribution is 2.18. The van der Waals surface area contributed by atoms with E-state index in [1.807, 2.05) is 0 Å². The Morgan fingerprint density at radius 3 is 0.747 bits per heavy atom. The average Bonchev–Trinajstić information content (AvgIpc) is 3.49. The van der Waals surface area contributed by atoms with Crippen molar-refractivity contribution in [3.05, 3.63) is 85.1 Å². The van der Waals surface area contributed by atoms with Crippen LogP contribution in [0.5, 0.6) is 0 Å². The summed E-state index contributed by atoms with van der Waals surface area (Å²) in [4.78, 5) is 38.4. The molecule has 0 aliphatic carbocycles. The maximum Gasteiger partial charge on any atom is 0.306 e. The van der Waals surface area contributed by atoms with E-state index < -0.39 is 6.10 Å². The van der Waals surface area contributed by atoms with Gasteiger partial charge >= 0.3 is 17.9 Å². The molecular formula is C77H136O6. The van der Waals surface area contributed by atoms with Crippen LogP contribution in [0.2, 0.25) is 0 Å². The molecule has 0 amide bonds. The molecule has 6 heteroatoms. The zero-order chi connectivity index (χ0) is 59.9. The van der Waals surface area contributed by atoms with E-state index in [0.29, 0.717) is 19.3 Å². The van der Waals surface area contributed by atoms with Gasteiger partial charge in [0.15, 0.2) is 6.10 Å². The van der Waals surface area contributed by atoms with Crippen LogP contribution in [0, 0.1) is 0 Å². The number of rotatable bonds is 66. The Balaban J connectivity index is 4.19. The van der Waals surface area contributed by atoms with Crippen LogP contribution in [-0.2, 0) is 28.6 Å². The quantitative estimate of drug-likeness (QED) is 0.0261. The lowest BCUT2D eigenvalue weighted by atomic mass is 10.0. The van der Waals surface area contributed by atoms with Crippen LogP contribution in [-0.4, -0.2) is 37.2 Å². The molecule has 0 saturated carbocycles. The van der Waals surface area contributed by atoms with Crippen molar-refractivity contribution in [1.82, 2.24) is 0 Å². The molecule has 0 bridgehead atoms. The van der Waals surface area contributed by atoms with E-state index >= 15 is 0 Å². The Morgan fingerprint density at radius 1 is 0.253 bits per heavy atom. The van der Waals surface area contributed by atoms with E-state index in [-0.39, 0.29) is 31.1 Å². The first-order valence-electron chi connectivity index (χ1n) is 36.1. The molecule has 0 aromatic rings. The first-order valence-corrected chi connectivity index (χ1v) is 36.1. The summed E-state index contributed by atoms with van der Waals surface area (Å²) in [7, 11) is 0. The first kappa shape index (κ1) is 79.6. The lowest BCUT2D eigenvalue weighted by molar-refractivity contribution is -0.167. The normalized spacial score (nSPS) is 12.6. The third-order valence-electron chi connectivity index (χ3n) is 15.9. The predicted octanol–water partition coefficient (Wildman–Crippen LogP) is 25.0. The highest BCUT2D eigenvalue weighted by atomic mass is 16.6. The van der Waals surface area contributed by atoms with E-state index in [1.54, 1.807) is 0 Å². The Morgan fingerprint density at radius 2 is 0.470 bits per heavy atom. The van der Waals surface area contributed by atoms with Gasteiger partial charge in [-0.05, 0) is 89.9 Å². The van der Waals surface area contributed by atoms with Gasteiger partial charge in [0, 0.05) is 19.3 Å². The van der Waals surface area contributed by atoms with Crippen LogP contribution >= 0.6 is 0 Å². The molecule has 1 atom stereocenters. The number of hydrogen-bond donors (Lipinski definition) is 0. The smallest absolute Gasteiger partial charge is 0.306 e. The third kappa shape index (κ3) is 69.3. The number of carbonyl (C=O) groups is 3. The largest absolute Gasteiger partial charge is 0.462 e. The van der Waals surface area contributed by atoms with Crippen LogP contribution in [0.3, 0.4) is 0 Å². The molecule has 0 radical (unpaired) electrons. The highest BCUT2D eigenvalue weighted by Gasteiger charge is 2.19. The van der Waals surface area contributed by atoms with E-state index in [2.05, 4.69) is 106 Å². The van der Waals surface area contributed by atoms with Gasteiger partial charge in [0.2, 0.25) is 0 Å². The van der Waals surface area contributed by atoms with E-state index in [1.165, 1.54) is 218 Å². The average molecular weight is 1160 g/mol. The zero-order valence-electron chi connectivity index (χ0n) is 55.2. The van der Waals surface area contributed by atoms with Gasteiger partial charge in [0.25, 0.3) is 0 Å². The van der Waals surface area contributed by atoms with Crippen LogP contribution in [0.4, 0.5) is 0 Å². The van der Waals surface area contributed by atoms with Crippen molar-refractivity contribution in [3.63, 3.8) is 0 Å². The van der Waals surface area contributed by atoms with Crippen LogP contribution in [0.25, 0.3) is 0 Å². The molecule has 1 unspecified atom stereocenters. The predicted molar refractivity (Wildman–Crippen MR) is 362 cm³/mol. The number of ether oxygens (including phenoxy) is 3. The van der Waals surface area contributed by atoms with E-state index in [0.717, 1.165) is 109 Å². The standard InChI is InChI=1S/C77H136O6/c1-4-7-10-13-16-19-22-25-27-29-31-33-34-35-36-37-38-39-40-41-42-44-45-47-49-52-55-58-61-64-67-70-76(79)82-73-74(72-81-75(78)69-66-63-60-57-54-51-24-21-18-15-12-9-6-3)83-77(80)71-68-65-62-59-56-53-50-48-46-43-32-30-28-26-23-20-17-14-11-8-5-2/h7,9-10,12,16,18-19,21,25,27,31,33,51,54,74H,4-6,8,11,13-15,17,20,22-24,26,28-30,32,34-50,52-53,55-73H2,1-3H3/b10-7-,12-9-,19-16-,21-18-,27-25-,33-31-,54-51-. The van der Waals surface area contributed by atoms with Gasteiger partial charge in [0.05, 0.1) is 0 Å². The van der Waals surface area contributed by atoms with Crippen LogP contribution in [0.1, 0.15) is 367 Å². The second-order valence-electron chi connectivity index (χ2n) is 24.1. The molecule has 480 valence electrons. The van der Waals surface area contributed by atoms with Crippen molar-refractivity contribution in [2.75, 3.05) is 13.2 Å². The minimum absolute atomic E-state index is 0.0806. The molecule has 0 heterocycles. The number of allylic oxidation sites excluding steroid dienone is 14. The minimum Gasteiger partial charge on any atom is -0.462 e. The second-order valence-corrected chi connectivity index (χ2v) is 24.1. The second kappa shape index (κ2) is 71.1. The monoisotopic (exact) mass is 1160 g/mol. The lowest BCUT2D eigenvalue weighted by Gasteiger charge is -2.18. The number of hydrogen-bond acceptors (Lipinski definition) is 6.